The topological polar surface area (TPSA) is 32.3 Å². The van der Waals surface area contributed by atoms with Crippen LogP contribution in [0.2, 0.25) is 0 Å². The number of aliphatic hydroxyl groups is 1. The summed E-state index contributed by atoms with van der Waals surface area (Å²) >= 11 is 2.11. The van der Waals surface area contributed by atoms with Crippen LogP contribution in [0.25, 0.3) is 0 Å². The highest BCUT2D eigenvalue weighted by molar-refractivity contribution is 7.99. The van der Waals surface area contributed by atoms with Gasteiger partial charge in [-0.15, -0.1) is 0 Å². The fourth-order valence-corrected chi connectivity index (χ4v) is 4.13. The Hall–Kier alpha value is 0.270. The van der Waals surface area contributed by atoms with Gasteiger partial charge < -0.3 is 10.4 Å². The van der Waals surface area contributed by atoms with E-state index in [4.69, 9.17) is 0 Å². The Balaban J connectivity index is 2.38. The van der Waals surface area contributed by atoms with Crippen LogP contribution < -0.4 is 5.32 Å². The first-order valence-corrected chi connectivity index (χ1v) is 8.06. The lowest BCUT2D eigenvalue weighted by atomic mass is 9.98. The van der Waals surface area contributed by atoms with E-state index in [2.05, 4.69) is 44.8 Å². The standard InChI is InChI=1S/C14H29NOS/c1-5-12(4)9-17-13-6-7-14(8-13,10-16)15-11(2)3/h11-13,15-16H,5-10H2,1-4H3. The fourth-order valence-electron chi connectivity index (χ4n) is 2.57. The van der Waals surface area contributed by atoms with Crippen molar-refractivity contribution in [2.45, 2.75) is 70.2 Å². The first-order chi connectivity index (χ1) is 8.01. The number of nitrogens with one attached hydrogen (secondary N) is 1. The molecule has 0 bridgehead atoms. The summed E-state index contributed by atoms with van der Waals surface area (Å²) in [4.78, 5) is 0. The average Bonchev–Trinajstić information content (AvgIpc) is 2.69. The minimum absolute atomic E-state index is 0.00128. The van der Waals surface area contributed by atoms with Crippen LogP contribution in [-0.4, -0.2) is 34.3 Å². The second-order valence-electron chi connectivity index (χ2n) is 5.95. The molecule has 1 aliphatic carbocycles. The third-order valence-electron chi connectivity index (χ3n) is 3.77. The van der Waals surface area contributed by atoms with Crippen LogP contribution in [0, 0.1) is 5.92 Å². The highest BCUT2D eigenvalue weighted by atomic mass is 32.2. The van der Waals surface area contributed by atoms with Gasteiger partial charge in [0.15, 0.2) is 0 Å². The van der Waals surface area contributed by atoms with Crippen molar-refractivity contribution < 1.29 is 5.11 Å². The summed E-state index contributed by atoms with van der Waals surface area (Å²) in [6.45, 7) is 9.20. The van der Waals surface area contributed by atoms with Crippen molar-refractivity contribution in [3.05, 3.63) is 0 Å². The molecule has 1 fully saturated rings. The summed E-state index contributed by atoms with van der Waals surface area (Å²) in [5, 5.41) is 13.9. The normalized spacial score (nSPS) is 31.1. The van der Waals surface area contributed by atoms with Crippen molar-refractivity contribution in [1.82, 2.24) is 5.32 Å². The molecule has 0 spiro atoms. The number of rotatable bonds is 7. The number of thioether (sulfide) groups is 1. The Morgan fingerprint density at radius 2 is 2.12 bits per heavy atom. The third kappa shape index (κ3) is 4.80. The second kappa shape index (κ2) is 7.01. The molecule has 0 aromatic rings. The molecule has 0 saturated heterocycles. The van der Waals surface area contributed by atoms with Crippen molar-refractivity contribution in [1.29, 1.82) is 0 Å². The SMILES string of the molecule is CCC(C)CSC1CCC(CO)(NC(C)C)C1. The van der Waals surface area contributed by atoms with E-state index in [0.717, 1.165) is 24.0 Å². The Morgan fingerprint density at radius 3 is 2.65 bits per heavy atom. The minimum atomic E-state index is 0.00128. The van der Waals surface area contributed by atoms with Gasteiger partial charge in [0, 0.05) is 16.8 Å². The molecule has 0 amide bonds. The molecule has 0 aromatic carbocycles. The lowest BCUT2D eigenvalue weighted by molar-refractivity contribution is 0.156. The molecule has 2 nitrogen and oxygen atoms in total. The monoisotopic (exact) mass is 259 g/mol. The van der Waals surface area contributed by atoms with E-state index in [-0.39, 0.29) is 12.1 Å². The van der Waals surface area contributed by atoms with E-state index in [1.54, 1.807) is 0 Å². The Kier molecular flexibility index (Phi) is 6.32. The van der Waals surface area contributed by atoms with Gasteiger partial charge in [0.05, 0.1) is 6.61 Å². The lowest BCUT2D eigenvalue weighted by Crippen LogP contribution is -2.49. The van der Waals surface area contributed by atoms with Gasteiger partial charge in [-0.25, -0.2) is 0 Å². The molecule has 17 heavy (non-hydrogen) atoms. The van der Waals surface area contributed by atoms with Crippen LogP contribution in [0.4, 0.5) is 0 Å². The van der Waals surface area contributed by atoms with Gasteiger partial charge in [-0.2, -0.15) is 11.8 Å². The predicted molar refractivity (Wildman–Crippen MR) is 77.6 cm³/mol. The maximum Gasteiger partial charge on any atom is 0.0613 e. The summed E-state index contributed by atoms with van der Waals surface area (Å²) in [7, 11) is 0. The molecule has 1 aliphatic rings. The maximum atomic E-state index is 9.64. The number of hydrogen-bond acceptors (Lipinski definition) is 3. The van der Waals surface area contributed by atoms with Crippen LogP contribution in [0.3, 0.4) is 0 Å². The predicted octanol–water partition coefficient (Wildman–Crippen LogP) is 3.05. The van der Waals surface area contributed by atoms with Crippen LogP contribution in [0.1, 0.15) is 53.4 Å². The fraction of sp³-hybridized carbons (Fsp3) is 1.00. The summed E-state index contributed by atoms with van der Waals surface area (Å²) < 4.78 is 0. The van der Waals surface area contributed by atoms with Crippen molar-refractivity contribution >= 4 is 11.8 Å². The molecule has 0 radical (unpaired) electrons. The number of aliphatic hydroxyl groups excluding tert-OH is 1. The molecule has 0 heterocycles. The summed E-state index contributed by atoms with van der Waals surface area (Å²) in [5.74, 6) is 2.09. The Morgan fingerprint density at radius 1 is 1.41 bits per heavy atom. The first-order valence-electron chi connectivity index (χ1n) is 7.01. The van der Waals surface area contributed by atoms with Crippen molar-refractivity contribution in [2.75, 3.05) is 12.4 Å². The minimum Gasteiger partial charge on any atom is -0.394 e. The highest BCUT2D eigenvalue weighted by Crippen LogP contribution is 2.38. The zero-order valence-corrected chi connectivity index (χ0v) is 12.6. The molecule has 0 aromatic heterocycles. The Bertz CT molecular complexity index is 222. The van der Waals surface area contributed by atoms with E-state index in [9.17, 15) is 5.11 Å². The summed E-state index contributed by atoms with van der Waals surface area (Å²) in [5.41, 5.74) is 0.00128. The highest BCUT2D eigenvalue weighted by Gasteiger charge is 2.38. The zero-order chi connectivity index (χ0) is 12.9. The van der Waals surface area contributed by atoms with Crippen molar-refractivity contribution in [2.24, 2.45) is 5.92 Å². The van der Waals surface area contributed by atoms with E-state index in [1.165, 1.54) is 18.6 Å². The van der Waals surface area contributed by atoms with Gasteiger partial charge >= 0.3 is 0 Å². The first kappa shape index (κ1) is 15.3. The van der Waals surface area contributed by atoms with Crippen LogP contribution >= 0.6 is 11.8 Å². The molecule has 3 atom stereocenters. The van der Waals surface area contributed by atoms with E-state index >= 15 is 0 Å². The zero-order valence-electron chi connectivity index (χ0n) is 11.8. The lowest BCUT2D eigenvalue weighted by Gasteiger charge is -2.31. The van der Waals surface area contributed by atoms with Gasteiger partial charge in [-0.3, -0.25) is 0 Å². The van der Waals surface area contributed by atoms with Crippen molar-refractivity contribution in [3.8, 4) is 0 Å². The van der Waals surface area contributed by atoms with Crippen LogP contribution in [0.15, 0.2) is 0 Å². The van der Waals surface area contributed by atoms with Crippen molar-refractivity contribution in [3.63, 3.8) is 0 Å². The quantitative estimate of drug-likeness (QED) is 0.737. The molecule has 2 N–H and O–H groups in total. The molecule has 0 aliphatic heterocycles. The van der Waals surface area contributed by atoms with Gasteiger partial charge in [0.1, 0.15) is 0 Å². The van der Waals surface area contributed by atoms with Gasteiger partial charge in [-0.1, -0.05) is 34.1 Å². The van der Waals surface area contributed by atoms with Gasteiger partial charge in [0.25, 0.3) is 0 Å². The summed E-state index contributed by atoms with van der Waals surface area (Å²) in [6.07, 6.45) is 4.78. The van der Waals surface area contributed by atoms with Crippen LogP contribution in [-0.2, 0) is 0 Å². The molecule has 1 saturated carbocycles. The molecule has 1 rings (SSSR count). The Labute approximate surface area is 111 Å². The van der Waals surface area contributed by atoms with E-state index in [0.29, 0.717) is 6.04 Å². The van der Waals surface area contributed by atoms with E-state index < -0.39 is 0 Å². The average molecular weight is 259 g/mol. The largest absolute Gasteiger partial charge is 0.394 e. The molecule has 3 unspecified atom stereocenters. The van der Waals surface area contributed by atoms with Gasteiger partial charge in [-0.05, 0) is 30.9 Å². The molecular weight excluding hydrogens is 230 g/mol. The van der Waals surface area contributed by atoms with E-state index in [1.807, 2.05) is 0 Å². The van der Waals surface area contributed by atoms with Gasteiger partial charge in [0.2, 0.25) is 0 Å². The summed E-state index contributed by atoms with van der Waals surface area (Å²) in [6, 6.07) is 0.459. The molecule has 3 heteroatoms. The number of hydrogen-bond donors (Lipinski definition) is 2. The molecule has 102 valence electrons. The third-order valence-corrected chi connectivity index (χ3v) is 5.41. The molecular formula is C14H29NOS. The second-order valence-corrected chi connectivity index (χ2v) is 7.28. The smallest absolute Gasteiger partial charge is 0.0613 e. The van der Waals surface area contributed by atoms with Crippen LogP contribution in [0.5, 0.6) is 0 Å². The maximum absolute atomic E-state index is 9.64.